The number of aliphatic hydroxyl groups is 1. The molecule has 1 unspecified atom stereocenters. The molecule has 1 atom stereocenters. The molecule has 1 aliphatic heterocycles. The maximum absolute atomic E-state index is 8.84. The first-order chi connectivity index (χ1) is 6.90. The van der Waals surface area contributed by atoms with Crippen molar-refractivity contribution in [2.24, 2.45) is 0 Å². The molecular weight excluding hydrogens is 176 g/mol. The van der Waals surface area contributed by atoms with Gasteiger partial charge in [-0.05, 0) is 30.4 Å². The van der Waals surface area contributed by atoms with Crippen LogP contribution in [0.25, 0.3) is 0 Å². The lowest BCUT2D eigenvalue weighted by atomic mass is 10.0. The van der Waals surface area contributed by atoms with E-state index in [0.29, 0.717) is 0 Å². The average molecular weight is 192 g/mol. The maximum Gasteiger partial charge on any atom is 0.0825 e. The molecule has 1 heterocycles. The third kappa shape index (κ3) is 2.14. The van der Waals surface area contributed by atoms with Crippen molar-refractivity contribution < 1.29 is 9.84 Å². The molecule has 1 fully saturated rings. The quantitative estimate of drug-likeness (QED) is 0.794. The molecule has 0 saturated carbocycles. The molecule has 0 spiro atoms. The summed E-state index contributed by atoms with van der Waals surface area (Å²) in [5.74, 6) is 0. The number of ether oxygens (including phenoxy) is 1. The van der Waals surface area contributed by atoms with E-state index in [4.69, 9.17) is 9.84 Å². The molecule has 14 heavy (non-hydrogen) atoms. The zero-order valence-corrected chi connectivity index (χ0v) is 8.28. The van der Waals surface area contributed by atoms with Gasteiger partial charge in [0.05, 0.1) is 6.10 Å². The fourth-order valence-corrected chi connectivity index (χ4v) is 1.92. The summed E-state index contributed by atoms with van der Waals surface area (Å²) in [7, 11) is 0. The van der Waals surface area contributed by atoms with Gasteiger partial charge >= 0.3 is 0 Å². The Morgan fingerprint density at radius 2 is 2.36 bits per heavy atom. The van der Waals surface area contributed by atoms with Crippen LogP contribution in [-0.2, 0) is 11.2 Å². The topological polar surface area (TPSA) is 29.5 Å². The van der Waals surface area contributed by atoms with Gasteiger partial charge in [0.15, 0.2) is 0 Å². The molecule has 1 aromatic rings. The number of benzene rings is 1. The van der Waals surface area contributed by atoms with Crippen molar-refractivity contribution in [2.75, 3.05) is 13.2 Å². The molecule has 1 aliphatic rings. The first-order valence-corrected chi connectivity index (χ1v) is 5.21. The largest absolute Gasteiger partial charge is 0.396 e. The zero-order chi connectivity index (χ0) is 9.80. The van der Waals surface area contributed by atoms with E-state index in [1.165, 1.54) is 11.1 Å². The predicted molar refractivity (Wildman–Crippen MR) is 55.2 cm³/mol. The van der Waals surface area contributed by atoms with Gasteiger partial charge in [-0.25, -0.2) is 0 Å². The first kappa shape index (κ1) is 9.69. The minimum Gasteiger partial charge on any atom is -0.396 e. The summed E-state index contributed by atoms with van der Waals surface area (Å²) in [6.45, 7) is 1.10. The Balaban J connectivity index is 2.12. The highest BCUT2D eigenvalue weighted by molar-refractivity contribution is 5.25. The van der Waals surface area contributed by atoms with Crippen molar-refractivity contribution in [2.45, 2.75) is 25.4 Å². The van der Waals surface area contributed by atoms with Crippen LogP contribution in [-0.4, -0.2) is 18.3 Å². The van der Waals surface area contributed by atoms with Gasteiger partial charge in [0.25, 0.3) is 0 Å². The van der Waals surface area contributed by atoms with Gasteiger partial charge in [-0.15, -0.1) is 0 Å². The molecule has 1 saturated heterocycles. The van der Waals surface area contributed by atoms with Crippen LogP contribution < -0.4 is 0 Å². The minimum atomic E-state index is 0.217. The second-order valence-corrected chi connectivity index (χ2v) is 3.72. The highest BCUT2D eigenvalue weighted by Crippen LogP contribution is 2.28. The van der Waals surface area contributed by atoms with Crippen molar-refractivity contribution in [1.82, 2.24) is 0 Å². The maximum atomic E-state index is 8.84. The monoisotopic (exact) mass is 192 g/mol. The normalized spacial score (nSPS) is 21.4. The van der Waals surface area contributed by atoms with Crippen LogP contribution in [0.4, 0.5) is 0 Å². The number of aliphatic hydroxyl groups excluding tert-OH is 1. The van der Waals surface area contributed by atoms with Crippen LogP contribution in [0.3, 0.4) is 0 Å². The molecule has 0 bridgehead atoms. The molecule has 1 aromatic carbocycles. The van der Waals surface area contributed by atoms with E-state index in [2.05, 4.69) is 18.2 Å². The second-order valence-electron chi connectivity index (χ2n) is 3.72. The summed E-state index contributed by atoms with van der Waals surface area (Å²) in [5, 5.41) is 8.84. The Hall–Kier alpha value is -0.860. The van der Waals surface area contributed by atoms with Gasteiger partial charge in [0.1, 0.15) is 0 Å². The summed E-state index contributed by atoms with van der Waals surface area (Å²) in [6, 6.07) is 8.35. The van der Waals surface area contributed by atoms with Crippen LogP contribution >= 0.6 is 0 Å². The van der Waals surface area contributed by atoms with Gasteiger partial charge in [0.2, 0.25) is 0 Å². The zero-order valence-electron chi connectivity index (χ0n) is 8.28. The van der Waals surface area contributed by atoms with Crippen molar-refractivity contribution in [3.05, 3.63) is 35.4 Å². The molecule has 1 N–H and O–H groups in total. The molecule has 0 amide bonds. The number of rotatable bonds is 3. The summed E-state index contributed by atoms with van der Waals surface area (Å²) in [6.07, 6.45) is 3.31. The van der Waals surface area contributed by atoms with Gasteiger partial charge in [-0.1, -0.05) is 24.3 Å². The highest BCUT2D eigenvalue weighted by atomic mass is 16.5. The Morgan fingerprint density at radius 3 is 3.07 bits per heavy atom. The van der Waals surface area contributed by atoms with Crippen LogP contribution in [0.2, 0.25) is 0 Å². The predicted octanol–water partition coefficient (Wildman–Crippen LogP) is 2.07. The smallest absolute Gasteiger partial charge is 0.0825 e. The second kappa shape index (κ2) is 4.58. The van der Waals surface area contributed by atoms with E-state index in [0.717, 1.165) is 25.9 Å². The van der Waals surface area contributed by atoms with Crippen LogP contribution in [0.15, 0.2) is 24.3 Å². The lowest BCUT2D eigenvalue weighted by molar-refractivity contribution is 0.112. The van der Waals surface area contributed by atoms with Crippen molar-refractivity contribution in [3.8, 4) is 0 Å². The van der Waals surface area contributed by atoms with Gasteiger partial charge < -0.3 is 9.84 Å². The average Bonchev–Trinajstić information content (AvgIpc) is 2.71. The van der Waals surface area contributed by atoms with Gasteiger partial charge in [-0.3, -0.25) is 0 Å². The Bertz CT molecular complexity index is 290. The van der Waals surface area contributed by atoms with Crippen LogP contribution in [0, 0.1) is 0 Å². The first-order valence-electron chi connectivity index (χ1n) is 5.21. The van der Waals surface area contributed by atoms with E-state index in [1.54, 1.807) is 0 Å². The molecule has 0 aliphatic carbocycles. The lowest BCUT2D eigenvalue weighted by Gasteiger charge is -2.10. The molecule has 0 aromatic heterocycles. The molecule has 2 heteroatoms. The number of hydrogen-bond acceptors (Lipinski definition) is 2. The van der Waals surface area contributed by atoms with E-state index >= 15 is 0 Å². The molecule has 2 nitrogen and oxygen atoms in total. The molecule has 0 radical (unpaired) electrons. The van der Waals surface area contributed by atoms with Gasteiger partial charge in [0, 0.05) is 13.2 Å². The summed E-state index contributed by atoms with van der Waals surface area (Å²) in [4.78, 5) is 0. The Kier molecular flexibility index (Phi) is 3.17. The van der Waals surface area contributed by atoms with Gasteiger partial charge in [-0.2, -0.15) is 0 Å². The van der Waals surface area contributed by atoms with E-state index in [-0.39, 0.29) is 12.7 Å². The van der Waals surface area contributed by atoms with Crippen LogP contribution in [0.5, 0.6) is 0 Å². The summed E-state index contributed by atoms with van der Waals surface area (Å²) >= 11 is 0. The van der Waals surface area contributed by atoms with E-state index in [1.807, 2.05) is 6.07 Å². The van der Waals surface area contributed by atoms with Crippen LogP contribution in [0.1, 0.15) is 30.1 Å². The fourth-order valence-electron chi connectivity index (χ4n) is 1.92. The highest BCUT2D eigenvalue weighted by Gasteiger charge is 2.17. The standard InChI is InChI=1S/C12H16O2/c13-7-6-10-3-1-4-11(9-10)12-5-2-8-14-12/h1,3-4,9,12-13H,2,5-8H2. The molecule has 76 valence electrons. The van der Waals surface area contributed by atoms with E-state index in [9.17, 15) is 0 Å². The van der Waals surface area contributed by atoms with Crippen molar-refractivity contribution in [3.63, 3.8) is 0 Å². The third-order valence-electron chi connectivity index (χ3n) is 2.65. The fraction of sp³-hybridized carbons (Fsp3) is 0.500. The van der Waals surface area contributed by atoms with E-state index < -0.39 is 0 Å². The molecule has 2 rings (SSSR count). The minimum absolute atomic E-state index is 0.217. The third-order valence-corrected chi connectivity index (χ3v) is 2.65. The Morgan fingerprint density at radius 1 is 1.43 bits per heavy atom. The van der Waals surface area contributed by atoms with Crippen molar-refractivity contribution in [1.29, 1.82) is 0 Å². The van der Waals surface area contributed by atoms with Crippen molar-refractivity contribution >= 4 is 0 Å². The number of hydrogen-bond donors (Lipinski definition) is 1. The summed E-state index contributed by atoms with van der Waals surface area (Å²) < 4.78 is 5.61. The SMILES string of the molecule is OCCc1cccc(C2CCCO2)c1. The summed E-state index contributed by atoms with van der Waals surface area (Å²) in [5.41, 5.74) is 2.45. The lowest BCUT2D eigenvalue weighted by Crippen LogP contribution is -1.98. The molecular formula is C12H16O2. The Labute approximate surface area is 84.5 Å².